The molecule has 2 aromatic carbocycles. The maximum atomic E-state index is 13.1. The largest absolute Gasteiger partial charge is 0.489 e. The Morgan fingerprint density at radius 2 is 1.52 bits per heavy atom. The Labute approximate surface area is 178 Å². The first kappa shape index (κ1) is 23.2. The van der Waals surface area contributed by atoms with Gasteiger partial charge in [-0.15, -0.1) is 0 Å². The first-order chi connectivity index (χ1) is 13.6. The van der Waals surface area contributed by atoms with Gasteiger partial charge in [-0.3, -0.25) is 0 Å². The third-order valence-corrected chi connectivity index (χ3v) is 6.24. The molecule has 0 saturated heterocycles. The van der Waals surface area contributed by atoms with Crippen molar-refractivity contribution in [1.29, 1.82) is 0 Å². The van der Waals surface area contributed by atoms with Gasteiger partial charge in [-0.25, -0.2) is 4.79 Å². The fourth-order valence-corrected chi connectivity index (χ4v) is 5.58. The summed E-state index contributed by atoms with van der Waals surface area (Å²) in [5, 5.41) is 0. The topological polar surface area (TPSA) is 44.8 Å². The zero-order valence-electron chi connectivity index (χ0n) is 18.7. The lowest BCUT2D eigenvalue weighted by Gasteiger charge is -2.52. The standard InChI is InChI=1S/C24H34O4Si/c1-7-26-21(25)24(28-29,22(2,3)4)23(5,6)19-13-15-20(16-14-19)27-17-18-11-9-8-10-12-18/h8-16H,7,17H2,1-6,29H3/t24-/m0/s1. The summed E-state index contributed by atoms with van der Waals surface area (Å²) >= 11 is 0. The smallest absolute Gasteiger partial charge is 0.338 e. The molecule has 29 heavy (non-hydrogen) atoms. The molecule has 0 spiro atoms. The van der Waals surface area contributed by atoms with E-state index in [0.717, 1.165) is 16.9 Å². The van der Waals surface area contributed by atoms with Crippen LogP contribution in [0.1, 0.15) is 52.7 Å². The molecule has 2 aromatic rings. The third kappa shape index (κ3) is 4.56. The molecule has 1 atom stereocenters. The van der Waals surface area contributed by atoms with Crippen molar-refractivity contribution in [2.75, 3.05) is 6.61 Å². The minimum absolute atomic E-state index is 0.308. The summed E-state index contributed by atoms with van der Waals surface area (Å²) in [6.07, 6.45) is 0. The molecule has 5 heteroatoms. The van der Waals surface area contributed by atoms with E-state index in [4.69, 9.17) is 13.9 Å². The number of hydrogen-bond donors (Lipinski definition) is 0. The number of hydrogen-bond acceptors (Lipinski definition) is 4. The zero-order chi connectivity index (χ0) is 21.7. The Hall–Kier alpha value is -2.11. The fraction of sp³-hybridized carbons (Fsp3) is 0.458. The van der Waals surface area contributed by atoms with Gasteiger partial charge >= 0.3 is 5.97 Å². The molecule has 0 fully saturated rings. The van der Waals surface area contributed by atoms with E-state index in [0.29, 0.717) is 23.7 Å². The van der Waals surface area contributed by atoms with Crippen molar-refractivity contribution in [1.82, 2.24) is 0 Å². The second kappa shape index (κ2) is 9.14. The molecule has 158 valence electrons. The first-order valence-corrected chi connectivity index (χ1v) is 10.9. The Morgan fingerprint density at radius 3 is 2.00 bits per heavy atom. The van der Waals surface area contributed by atoms with E-state index >= 15 is 0 Å². The lowest BCUT2D eigenvalue weighted by Crippen LogP contribution is -2.64. The molecule has 0 saturated carbocycles. The van der Waals surface area contributed by atoms with Crippen LogP contribution < -0.4 is 4.74 Å². The lowest BCUT2D eigenvalue weighted by molar-refractivity contribution is -0.183. The van der Waals surface area contributed by atoms with E-state index in [1.807, 2.05) is 96.1 Å². The van der Waals surface area contributed by atoms with Gasteiger partial charge in [0.2, 0.25) is 0 Å². The molecule has 0 aromatic heterocycles. The van der Waals surface area contributed by atoms with Crippen molar-refractivity contribution < 1.29 is 18.7 Å². The van der Waals surface area contributed by atoms with Crippen LogP contribution in [0.5, 0.6) is 5.75 Å². The maximum Gasteiger partial charge on any atom is 0.338 e. The fourth-order valence-electron chi connectivity index (χ4n) is 4.29. The summed E-state index contributed by atoms with van der Waals surface area (Å²) in [6, 6.07) is 18.0. The molecular weight excluding hydrogens is 380 g/mol. The molecule has 0 unspecified atom stereocenters. The highest BCUT2D eigenvalue weighted by Gasteiger charge is 2.60. The number of esters is 1. The summed E-state index contributed by atoms with van der Waals surface area (Å²) in [4.78, 5) is 13.1. The van der Waals surface area contributed by atoms with Gasteiger partial charge in [-0.1, -0.05) is 77.1 Å². The molecule has 0 radical (unpaired) electrons. The van der Waals surface area contributed by atoms with Crippen LogP contribution in [0.4, 0.5) is 0 Å². The van der Waals surface area contributed by atoms with Crippen molar-refractivity contribution >= 4 is 16.5 Å². The average molecular weight is 415 g/mol. The Kier molecular flexibility index (Phi) is 7.30. The molecule has 0 aliphatic heterocycles. The van der Waals surface area contributed by atoms with E-state index in [-0.39, 0.29) is 5.97 Å². The van der Waals surface area contributed by atoms with Gasteiger partial charge in [0.1, 0.15) is 22.8 Å². The summed E-state index contributed by atoms with van der Waals surface area (Å²) in [5.41, 5.74) is -0.0162. The van der Waals surface area contributed by atoms with Crippen molar-refractivity contribution in [3.63, 3.8) is 0 Å². The number of carbonyl (C=O) groups excluding carboxylic acids is 1. The van der Waals surface area contributed by atoms with E-state index in [9.17, 15) is 4.79 Å². The maximum absolute atomic E-state index is 13.1. The molecule has 0 N–H and O–H groups in total. The number of ether oxygens (including phenoxy) is 2. The molecule has 0 amide bonds. The van der Waals surface area contributed by atoms with Crippen LogP contribution in [0.3, 0.4) is 0 Å². The van der Waals surface area contributed by atoms with Gasteiger partial charge in [0, 0.05) is 10.8 Å². The van der Waals surface area contributed by atoms with Gasteiger partial charge < -0.3 is 13.9 Å². The number of rotatable bonds is 8. The van der Waals surface area contributed by atoms with Crippen LogP contribution in [-0.4, -0.2) is 28.7 Å². The van der Waals surface area contributed by atoms with Crippen LogP contribution in [0.25, 0.3) is 0 Å². The van der Waals surface area contributed by atoms with Crippen molar-refractivity contribution in [2.24, 2.45) is 5.41 Å². The quantitative estimate of drug-likeness (QED) is 0.480. The summed E-state index contributed by atoms with van der Waals surface area (Å²) in [5.74, 6) is 0.481. The second-order valence-electron chi connectivity index (χ2n) is 8.78. The Bertz CT molecular complexity index is 794. The van der Waals surface area contributed by atoms with Crippen molar-refractivity contribution in [3.05, 3.63) is 65.7 Å². The van der Waals surface area contributed by atoms with Crippen LogP contribution >= 0.6 is 0 Å². The second-order valence-corrected chi connectivity index (χ2v) is 9.19. The predicted molar refractivity (Wildman–Crippen MR) is 120 cm³/mol. The highest BCUT2D eigenvalue weighted by molar-refractivity contribution is 6.01. The summed E-state index contributed by atoms with van der Waals surface area (Å²) in [6.45, 7) is 12.8. The van der Waals surface area contributed by atoms with Crippen LogP contribution in [0.2, 0.25) is 0 Å². The molecule has 0 aliphatic carbocycles. The molecule has 4 nitrogen and oxygen atoms in total. The first-order valence-electron chi connectivity index (χ1n) is 10.1. The Balaban J connectivity index is 2.32. The number of benzene rings is 2. The average Bonchev–Trinajstić information content (AvgIpc) is 2.67. The highest BCUT2D eigenvalue weighted by atomic mass is 28.2. The molecule has 2 rings (SSSR count). The van der Waals surface area contributed by atoms with Gasteiger partial charge in [0.15, 0.2) is 5.60 Å². The third-order valence-electron chi connectivity index (χ3n) is 5.63. The molecule has 0 bridgehead atoms. The van der Waals surface area contributed by atoms with Crippen LogP contribution in [-0.2, 0) is 26.0 Å². The summed E-state index contributed by atoms with van der Waals surface area (Å²) < 4.78 is 17.5. The van der Waals surface area contributed by atoms with Crippen LogP contribution in [0.15, 0.2) is 54.6 Å². The summed E-state index contributed by atoms with van der Waals surface area (Å²) in [7, 11) is 0.423. The van der Waals surface area contributed by atoms with E-state index in [1.165, 1.54) is 0 Å². The molecule has 0 aliphatic rings. The minimum Gasteiger partial charge on any atom is -0.489 e. The monoisotopic (exact) mass is 414 g/mol. The van der Waals surface area contributed by atoms with Gasteiger partial charge in [-0.05, 0) is 30.2 Å². The van der Waals surface area contributed by atoms with Gasteiger partial charge in [0.25, 0.3) is 0 Å². The van der Waals surface area contributed by atoms with E-state index < -0.39 is 16.4 Å². The van der Waals surface area contributed by atoms with Crippen molar-refractivity contribution in [3.8, 4) is 5.75 Å². The van der Waals surface area contributed by atoms with Crippen molar-refractivity contribution in [2.45, 2.75) is 59.2 Å². The number of carbonyl (C=O) groups is 1. The Morgan fingerprint density at radius 1 is 0.931 bits per heavy atom. The minimum atomic E-state index is -1.09. The SMILES string of the molecule is CCOC(=O)[C@](O[SiH3])(C(C)(C)C)C(C)(C)c1ccc(OCc2ccccc2)cc1. The normalized spacial score (nSPS) is 14.3. The van der Waals surface area contributed by atoms with E-state index in [1.54, 1.807) is 0 Å². The highest BCUT2D eigenvalue weighted by Crippen LogP contribution is 2.49. The van der Waals surface area contributed by atoms with E-state index in [2.05, 4.69) is 0 Å². The van der Waals surface area contributed by atoms with Gasteiger partial charge in [-0.2, -0.15) is 0 Å². The van der Waals surface area contributed by atoms with Gasteiger partial charge in [0.05, 0.1) is 6.61 Å². The lowest BCUT2D eigenvalue weighted by atomic mass is 9.59. The zero-order valence-corrected chi connectivity index (χ0v) is 20.7. The predicted octanol–water partition coefficient (Wildman–Crippen LogP) is 4.19. The molecular formula is C24H34O4Si. The molecule has 0 heterocycles. The van der Waals surface area contributed by atoms with Crippen LogP contribution in [0, 0.1) is 5.41 Å².